The highest BCUT2D eigenvalue weighted by Crippen LogP contribution is 2.49. The number of hydrogen-bond acceptors (Lipinski definition) is 4. The van der Waals surface area contributed by atoms with Crippen molar-refractivity contribution in [3.8, 4) is 5.75 Å². The van der Waals surface area contributed by atoms with E-state index in [0.29, 0.717) is 19.6 Å². The van der Waals surface area contributed by atoms with Crippen LogP contribution in [-0.2, 0) is 11.3 Å². The van der Waals surface area contributed by atoms with Gasteiger partial charge < -0.3 is 14.8 Å². The number of aromatic nitrogens is 2. The summed E-state index contributed by atoms with van der Waals surface area (Å²) in [5.74, 6) is 0.830. The quantitative estimate of drug-likeness (QED) is 0.897. The predicted molar refractivity (Wildman–Crippen MR) is 78.6 cm³/mol. The molecule has 0 spiro atoms. The van der Waals surface area contributed by atoms with Gasteiger partial charge in [0.1, 0.15) is 23.6 Å². The summed E-state index contributed by atoms with van der Waals surface area (Å²) in [6.45, 7) is 2.02. The maximum atomic E-state index is 12.0. The number of likely N-dealkylation sites (tertiary alicyclic amines) is 1. The molecule has 0 bridgehead atoms. The van der Waals surface area contributed by atoms with E-state index in [1.165, 1.54) is 0 Å². The van der Waals surface area contributed by atoms with Gasteiger partial charge in [-0.05, 0) is 11.6 Å². The smallest absolute Gasteiger partial charge is 0.315 e. The molecule has 4 rings (SSSR count). The fourth-order valence-corrected chi connectivity index (χ4v) is 3.65. The van der Waals surface area contributed by atoms with Gasteiger partial charge in [-0.15, -0.1) is 0 Å². The highest BCUT2D eigenvalue weighted by atomic mass is 16.5. The Balaban J connectivity index is 1.68. The average Bonchev–Trinajstić information content (AvgIpc) is 3.15. The summed E-state index contributed by atoms with van der Waals surface area (Å²) in [6.07, 6.45) is 3.49. The van der Waals surface area contributed by atoms with E-state index in [2.05, 4.69) is 14.9 Å². The molecule has 2 atom stereocenters. The van der Waals surface area contributed by atoms with Gasteiger partial charge in [-0.2, -0.15) is 0 Å². The van der Waals surface area contributed by atoms with Crippen molar-refractivity contribution in [1.29, 1.82) is 0 Å². The van der Waals surface area contributed by atoms with Crippen LogP contribution in [0.15, 0.2) is 36.7 Å². The fourth-order valence-electron chi connectivity index (χ4n) is 3.65. The van der Waals surface area contributed by atoms with Crippen molar-refractivity contribution in [1.82, 2.24) is 14.9 Å². The summed E-state index contributed by atoms with van der Waals surface area (Å²) in [5, 5.41) is 9.84. The van der Waals surface area contributed by atoms with E-state index in [1.54, 1.807) is 12.4 Å². The van der Waals surface area contributed by atoms with Gasteiger partial charge in [0.05, 0.1) is 6.54 Å². The van der Waals surface area contributed by atoms with Crippen LogP contribution in [0, 0.1) is 5.41 Å². The van der Waals surface area contributed by atoms with Crippen molar-refractivity contribution >= 4 is 5.97 Å². The molecule has 0 amide bonds. The molecule has 0 saturated carbocycles. The van der Waals surface area contributed by atoms with E-state index in [9.17, 15) is 9.90 Å². The zero-order valence-electron chi connectivity index (χ0n) is 12.0. The summed E-state index contributed by atoms with van der Waals surface area (Å²) in [6, 6.07) is 7.75. The van der Waals surface area contributed by atoms with Crippen LogP contribution >= 0.6 is 0 Å². The van der Waals surface area contributed by atoms with E-state index < -0.39 is 11.4 Å². The number of benzene rings is 1. The fraction of sp³-hybridized carbons (Fsp3) is 0.375. The van der Waals surface area contributed by atoms with Crippen LogP contribution in [0.3, 0.4) is 0 Å². The first kappa shape index (κ1) is 13.3. The SMILES string of the molecule is O=C(O)[C@]12COc3ccccc3[C@H]1CN(Cc1ncc[nH]1)C2. The maximum absolute atomic E-state index is 12.0. The third-order valence-electron chi connectivity index (χ3n) is 4.75. The lowest BCUT2D eigenvalue weighted by Gasteiger charge is -2.35. The van der Waals surface area contributed by atoms with Crippen molar-refractivity contribution in [2.24, 2.45) is 5.41 Å². The van der Waals surface area contributed by atoms with E-state index in [1.807, 2.05) is 24.3 Å². The van der Waals surface area contributed by atoms with Gasteiger partial charge in [0.2, 0.25) is 0 Å². The zero-order valence-corrected chi connectivity index (χ0v) is 12.0. The summed E-state index contributed by atoms with van der Waals surface area (Å²) >= 11 is 0. The number of H-pyrrole nitrogens is 1. The third kappa shape index (κ3) is 1.91. The molecule has 1 saturated heterocycles. The number of aromatic amines is 1. The minimum atomic E-state index is -0.874. The zero-order chi connectivity index (χ0) is 15.2. The number of ether oxygens (including phenoxy) is 1. The van der Waals surface area contributed by atoms with Crippen molar-refractivity contribution in [3.05, 3.63) is 48.0 Å². The molecule has 114 valence electrons. The Bertz CT molecular complexity index is 700. The highest BCUT2D eigenvalue weighted by Gasteiger charge is 2.56. The number of fused-ring (bicyclic) bond motifs is 3. The second kappa shape index (κ2) is 4.84. The van der Waals surface area contributed by atoms with Crippen LogP contribution in [0.2, 0.25) is 0 Å². The molecule has 6 heteroatoms. The number of nitrogens with one attached hydrogen (secondary N) is 1. The number of nitrogens with zero attached hydrogens (tertiary/aromatic N) is 2. The van der Waals surface area contributed by atoms with Crippen molar-refractivity contribution in [2.45, 2.75) is 12.5 Å². The van der Waals surface area contributed by atoms with Crippen LogP contribution < -0.4 is 4.74 Å². The van der Waals surface area contributed by atoms with E-state index >= 15 is 0 Å². The molecule has 1 aromatic heterocycles. The number of carboxylic acid groups (broad SMARTS) is 1. The Hall–Kier alpha value is -2.34. The second-order valence-electron chi connectivity index (χ2n) is 6.05. The van der Waals surface area contributed by atoms with Crippen molar-refractivity contribution in [3.63, 3.8) is 0 Å². The molecule has 0 aliphatic carbocycles. The Kier molecular flexibility index (Phi) is 2.94. The Labute approximate surface area is 127 Å². The Morgan fingerprint density at radius 2 is 2.36 bits per heavy atom. The van der Waals surface area contributed by atoms with Gasteiger partial charge in [0, 0.05) is 31.4 Å². The van der Waals surface area contributed by atoms with Gasteiger partial charge in [0.15, 0.2) is 0 Å². The van der Waals surface area contributed by atoms with Crippen LogP contribution in [0.1, 0.15) is 17.3 Å². The lowest BCUT2D eigenvalue weighted by molar-refractivity contribution is -0.151. The van der Waals surface area contributed by atoms with Crippen LogP contribution in [0.5, 0.6) is 5.75 Å². The molecule has 22 heavy (non-hydrogen) atoms. The monoisotopic (exact) mass is 299 g/mol. The standard InChI is InChI=1S/C16H17N3O3/c20-15(21)16-9-19(8-14-17-5-6-18-14)7-12(16)11-3-1-2-4-13(11)22-10-16/h1-6,12H,7-10H2,(H,17,18)(H,20,21)/t12-,16-/m1/s1. The minimum Gasteiger partial charge on any atom is -0.492 e. The van der Waals surface area contributed by atoms with Gasteiger partial charge in [-0.25, -0.2) is 4.98 Å². The molecule has 0 unspecified atom stereocenters. The van der Waals surface area contributed by atoms with Crippen LogP contribution in [0.4, 0.5) is 0 Å². The number of carbonyl (C=O) groups is 1. The molecule has 6 nitrogen and oxygen atoms in total. The number of para-hydroxylation sites is 1. The van der Waals surface area contributed by atoms with Gasteiger partial charge >= 0.3 is 5.97 Å². The normalized spacial score (nSPS) is 27.0. The van der Waals surface area contributed by atoms with Crippen LogP contribution in [0.25, 0.3) is 0 Å². The third-order valence-corrected chi connectivity index (χ3v) is 4.75. The first-order valence-corrected chi connectivity index (χ1v) is 7.35. The summed E-state index contributed by atoms with van der Waals surface area (Å²) in [5.41, 5.74) is 0.124. The number of aliphatic carboxylic acids is 1. The van der Waals surface area contributed by atoms with E-state index in [-0.39, 0.29) is 12.5 Å². The number of carboxylic acids is 1. The summed E-state index contributed by atoms with van der Waals surface area (Å²) in [7, 11) is 0. The molecule has 2 aliphatic rings. The molecule has 0 radical (unpaired) electrons. The molecule has 1 fully saturated rings. The lowest BCUT2D eigenvalue weighted by atomic mass is 9.73. The number of imidazole rings is 1. The van der Waals surface area contributed by atoms with E-state index in [0.717, 1.165) is 17.1 Å². The highest BCUT2D eigenvalue weighted by molar-refractivity contribution is 5.78. The summed E-state index contributed by atoms with van der Waals surface area (Å²) < 4.78 is 5.75. The topological polar surface area (TPSA) is 78.5 Å². The molecular weight excluding hydrogens is 282 g/mol. The molecular formula is C16H17N3O3. The number of rotatable bonds is 3. The Morgan fingerprint density at radius 3 is 3.14 bits per heavy atom. The van der Waals surface area contributed by atoms with Crippen LogP contribution in [-0.4, -0.2) is 45.6 Å². The van der Waals surface area contributed by atoms with Gasteiger partial charge in [-0.1, -0.05) is 18.2 Å². The van der Waals surface area contributed by atoms with Crippen molar-refractivity contribution in [2.75, 3.05) is 19.7 Å². The first-order valence-electron chi connectivity index (χ1n) is 7.35. The van der Waals surface area contributed by atoms with Crippen molar-refractivity contribution < 1.29 is 14.6 Å². The predicted octanol–water partition coefficient (Wildman–Crippen LogP) is 1.47. The van der Waals surface area contributed by atoms with Gasteiger partial charge in [0.25, 0.3) is 0 Å². The average molecular weight is 299 g/mol. The summed E-state index contributed by atoms with van der Waals surface area (Å²) in [4.78, 5) is 21.4. The minimum absolute atomic E-state index is 0.0510. The van der Waals surface area contributed by atoms with Gasteiger partial charge in [-0.3, -0.25) is 9.69 Å². The maximum Gasteiger partial charge on any atom is 0.315 e. The largest absolute Gasteiger partial charge is 0.492 e. The second-order valence-corrected chi connectivity index (χ2v) is 6.05. The lowest BCUT2D eigenvalue weighted by Crippen LogP contribution is -2.45. The molecule has 2 N–H and O–H groups in total. The molecule has 2 aliphatic heterocycles. The molecule has 1 aromatic carbocycles. The molecule has 3 heterocycles. The van der Waals surface area contributed by atoms with E-state index in [4.69, 9.17) is 4.74 Å². The Morgan fingerprint density at radius 1 is 1.50 bits per heavy atom. The molecule has 2 aromatic rings. The first-order chi connectivity index (χ1) is 10.7. The number of hydrogen-bond donors (Lipinski definition) is 2.